The molecule has 1 aromatic rings. The van der Waals surface area contributed by atoms with Gasteiger partial charge in [0.15, 0.2) is 0 Å². The van der Waals surface area contributed by atoms with Crippen molar-refractivity contribution in [2.24, 2.45) is 0 Å². The van der Waals surface area contributed by atoms with Crippen LogP contribution in [0, 0.1) is 0 Å². The molecule has 1 aliphatic rings. The van der Waals surface area contributed by atoms with Crippen molar-refractivity contribution in [3.8, 4) is 0 Å². The van der Waals surface area contributed by atoms with Crippen molar-refractivity contribution in [3.63, 3.8) is 0 Å². The molecule has 0 atom stereocenters. The van der Waals surface area contributed by atoms with E-state index in [1.54, 1.807) is 6.07 Å². The number of carbonyl (C=O) groups is 2. The molecule has 6 nitrogen and oxygen atoms in total. The highest BCUT2D eigenvalue weighted by atomic mass is 35.5. The number of pyridine rings is 1. The van der Waals surface area contributed by atoms with E-state index in [4.69, 9.17) is 16.7 Å². The fraction of sp³-hybridized carbons (Fsp3) is 0.438. The maximum absolute atomic E-state index is 11.9. The topological polar surface area (TPSA) is 91.3 Å². The molecule has 1 amide bonds. The van der Waals surface area contributed by atoms with Gasteiger partial charge in [-0.1, -0.05) is 30.9 Å². The highest BCUT2D eigenvalue weighted by Crippen LogP contribution is 2.21. The Morgan fingerprint density at radius 3 is 2.74 bits per heavy atom. The van der Waals surface area contributed by atoms with E-state index in [9.17, 15) is 9.59 Å². The summed E-state index contributed by atoms with van der Waals surface area (Å²) in [5.41, 5.74) is 0.578. The van der Waals surface area contributed by atoms with Gasteiger partial charge in [0.1, 0.15) is 5.82 Å². The minimum Gasteiger partial charge on any atom is -0.478 e. The van der Waals surface area contributed by atoms with Gasteiger partial charge in [-0.05, 0) is 30.5 Å². The lowest BCUT2D eigenvalue weighted by molar-refractivity contribution is -0.131. The summed E-state index contributed by atoms with van der Waals surface area (Å²) in [5.74, 6) is -0.717. The highest BCUT2D eigenvalue weighted by Gasteiger charge is 2.15. The second kappa shape index (κ2) is 8.53. The molecule has 2 rings (SSSR count). The zero-order valence-corrected chi connectivity index (χ0v) is 13.5. The van der Waals surface area contributed by atoms with Gasteiger partial charge in [0.05, 0.1) is 11.6 Å². The summed E-state index contributed by atoms with van der Waals surface area (Å²) < 4.78 is 0. The second-order valence-electron chi connectivity index (χ2n) is 5.53. The van der Waals surface area contributed by atoms with E-state index in [-0.39, 0.29) is 18.5 Å². The molecular formula is C16H20ClN3O3. The molecule has 0 bridgehead atoms. The molecule has 1 saturated carbocycles. The Labute approximate surface area is 139 Å². The summed E-state index contributed by atoms with van der Waals surface area (Å²) in [6.07, 6.45) is 9.55. The zero-order chi connectivity index (χ0) is 16.7. The number of carboxylic acid groups (broad SMARTS) is 1. The molecule has 0 spiro atoms. The molecule has 1 heterocycles. The van der Waals surface area contributed by atoms with Crippen LogP contribution < -0.4 is 10.6 Å². The van der Waals surface area contributed by atoms with Crippen molar-refractivity contribution >= 4 is 35.4 Å². The summed E-state index contributed by atoms with van der Waals surface area (Å²) in [6, 6.07) is 1.86. The van der Waals surface area contributed by atoms with Gasteiger partial charge in [-0.25, -0.2) is 9.78 Å². The number of nitrogens with one attached hydrogen (secondary N) is 2. The van der Waals surface area contributed by atoms with Crippen molar-refractivity contribution in [1.82, 2.24) is 10.3 Å². The van der Waals surface area contributed by atoms with E-state index in [0.29, 0.717) is 16.4 Å². The largest absolute Gasteiger partial charge is 0.478 e. The first kappa shape index (κ1) is 17.3. The van der Waals surface area contributed by atoms with Crippen LogP contribution in [0.4, 0.5) is 5.82 Å². The van der Waals surface area contributed by atoms with Crippen LogP contribution in [0.3, 0.4) is 0 Å². The van der Waals surface area contributed by atoms with Crippen LogP contribution >= 0.6 is 11.6 Å². The van der Waals surface area contributed by atoms with Gasteiger partial charge in [-0.2, -0.15) is 0 Å². The molecule has 7 heteroatoms. The van der Waals surface area contributed by atoms with Crippen molar-refractivity contribution in [1.29, 1.82) is 0 Å². The number of amides is 1. The summed E-state index contributed by atoms with van der Waals surface area (Å²) in [5, 5.41) is 14.8. The number of hydrogen-bond acceptors (Lipinski definition) is 4. The number of carboxylic acids is 1. The van der Waals surface area contributed by atoms with Gasteiger partial charge in [-0.15, -0.1) is 0 Å². The van der Waals surface area contributed by atoms with Crippen molar-refractivity contribution < 1.29 is 14.7 Å². The van der Waals surface area contributed by atoms with Crippen LogP contribution in [0.5, 0.6) is 0 Å². The van der Waals surface area contributed by atoms with E-state index in [2.05, 4.69) is 15.6 Å². The lowest BCUT2D eigenvalue weighted by atomic mass is 9.95. The predicted octanol–water partition coefficient (Wildman–Crippen LogP) is 2.69. The van der Waals surface area contributed by atoms with Gasteiger partial charge < -0.3 is 15.7 Å². The maximum atomic E-state index is 11.9. The van der Waals surface area contributed by atoms with E-state index in [1.165, 1.54) is 18.7 Å². The lowest BCUT2D eigenvalue weighted by Gasteiger charge is -2.22. The molecule has 0 aliphatic heterocycles. The number of halogens is 1. The SMILES string of the molecule is O=C(O)/C=C/c1cnc(NCC(=O)NC2CCCCC2)c(Cl)c1. The van der Waals surface area contributed by atoms with Gasteiger partial charge in [0.25, 0.3) is 0 Å². The number of carbonyl (C=O) groups excluding carboxylic acids is 1. The second-order valence-corrected chi connectivity index (χ2v) is 5.93. The minimum atomic E-state index is -1.04. The van der Waals surface area contributed by atoms with Crippen molar-refractivity contribution in [2.75, 3.05) is 11.9 Å². The molecular weight excluding hydrogens is 318 g/mol. The zero-order valence-electron chi connectivity index (χ0n) is 12.7. The fourth-order valence-corrected chi connectivity index (χ4v) is 2.77. The standard InChI is InChI=1S/C16H20ClN3O3/c17-13-8-11(6-7-15(22)23)9-18-16(13)19-10-14(21)20-12-4-2-1-3-5-12/h6-9,12H,1-5,10H2,(H,18,19)(H,20,21)(H,22,23)/b7-6+. The Morgan fingerprint density at radius 1 is 1.35 bits per heavy atom. The van der Waals surface area contributed by atoms with Crippen LogP contribution in [0.15, 0.2) is 18.3 Å². The Morgan fingerprint density at radius 2 is 2.09 bits per heavy atom. The molecule has 0 unspecified atom stereocenters. The highest BCUT2D eigenvalue weighted by molar-refractivity contribution is 6.33. The van der Waals surface area contributed by atoms with Gasteiger partial charge in [0, 0.05) is 18.3 Å². The molecule has 124 valence electrons. The summed E-state index contributed by atoms with van der Waals surface area (Å²) in [4.78, 5) is 26.5. The Bertz CT molecular complexity index is 598. The van der Waals surface area contributed by atoms with Gasteiger partial charge >= 0.3 is 5.97 Å². The van der Waals surface area contributed by atoms with Crippen LogP contribution in [0.25, 0.3) is 6.08 Å². The summed E-state index contributed by atoms with van der Waals surface area (Å²) in [7, 11) is 0. The Balaban J connectivity index is 1.85. The van der Waals surface area contributed by atoms with Crippen molar-refractivity contribution in [3.05, 3.63) is 28.9 Å². The quantitative estimate of drug-likeness (QED) is 0.694. The first-order valence-corrected chi connectivity index (χ1v) is 8.02. The van der Waals surface area contributed by atoms with Crippen LogP contribution in [0.2, 0.25) is 5.02 Å². The first-order chi connectivity index (χ1) is 11.0. The van der Waals surface area contributed by atoms with Crippen LogP contribution in [-0.2, 0) is 9.59 Å². The average molecular weight is 338 g/mol. The summed E-state index contributed by atoms with van der Waals surface area (Å²) in [6.45, 7) is 0.105. The molecule has 1 aliphatic carbocycles. The van der Waals surface area contributed by atoms with Crippen LogP contribution in [-0.4, -0.2) is 34.6 Å². The maximum Gasteiger partial charge on any atom is 0.328 e. The molecule has 0 radical (unpaired) electrons. The summed E-state index contributed by atoms with van der Waals surface area (Å²) >= 11 is 6.08. The minimum absolute atomic E-state index is 0.0791. The first-order valence-electron chi connectivity index (χ1n) is 7.64. The average Bonchev–Trinajstić information content (AvgIpc) is 2.53. The third-order valence-corrected chi connectivity index (χ3v) is 3.96. The molecule has 1 fully saturated rings. The molecule has 1 aromatic heterocycles. The molecule has 0 aromatic carbocycles. The number of aliphatic carboxylic acids is 1. The van der Waals surface area contributed by atoms with Gasteiger partial charge in [-0.3, -0.25) is 4.79 Å². The number of hydrogen-bond donors (Lipinski definition) is 3. The molecule has 23 heavy (non-hydrogen) atoms. The smallest absolute Gasteiger partial charge is 0.328 e. The van der Waals surface area contributed by atoms with Crippen LogP contribution in [0.1, 0.15) is 37.7 Å². The Hall–Kier alpha value is -2.08. The monoisotopic (exact) mass is 337 g/mol. The van der Waals surface area contributed by atoms with E-state index in [1.807, 2.05) is 0 Å². The van der Waals surface area contributed by atoms with Crippen molar-refractivity contribution in [2.45, 2.75) is 38.1 Å². The number of anilines is 1. The third kappa shape index (κ3) is 5.90. The lowest BCUT2D eigenvalue weighted by Crippen LogP contribution is -2.39. The van der Waals surface area contributed by atoms with E-state index < -0.39 is 5.97 Å². The predicted molar refractivity (Wildman–Crippen MR) is 89.4 cm³/mol. The molecule has 3 N–H and O–H groups in total. The third-order valence-electron chi connectivity index (χ3n) is 3.67. The normalized spacial score (nSPS) is 15.5. The Kier molecular flexibility index (Phi) is 6.40. The number of aromatic nitrogens is 1. The molecule has 0 saturated heterocycles. The van der Waals surface area contributed by atoms with E-state index in [0.717, 1.165) is 31.8 Å². The number of rotatable bonds is 6. The van der Waals surface area contributed by atoms with Gasteiger partial charge in [0.2, 0.25) is 5.91 Å². The van der Waals surface area contributed by atoms with E-state index >= 15 is 0 Å². The fourth-order valence-electron chi connectivity index (χ4n) is 2.53. The number of nitrogens with zero attached hydrogens (tertiary/aromatic N) is 1.